The molecule has 0 saturated carbocycles. The topological polar surface area (TPSA) is 62.5 Å². The second-order valence-electron chi connectivity index (χ2n) is 5.69. The van der Waals surface area contributed by atoms with Crippen LogP contribution in [-0.4, -0.2) is 39.4 Å². The van der Waals surface area contributed by atoms with Crippen LogP contribution in [0.4, 0.5) is 28.0 Å². The molecule has 3 rings (SSSR count). The van der Waals surface area contributed by atoms with E-state index in [1.165, 1.54) is 23.2 Å². The van der Waals surface area contributed by atoms with Gasteiger partial charge in [0.25, 0.3) is 0 Å². The summed E-state index contributed by atoms with van der Waals surface area (Å²) in [5, 5.41) is 2.56. The number of urea groups is 1. The molecular weight excluding hydrogens is 354 g/mol. The minimum absolute atomic E-state index is 0.00451. The van der Waals surface area contributed by atoms with E-state index < -0.39 is 23.6 Å². The first kappa shape index (κ1) is 17.6. The fraction of sp³-hybridized carbons (Fsp3) is 0.188. The van der Waals surface area contributed by atoms with E-state index in [4.69, 9.17) is 0 Å². The Morgan fingerprint density at radius 2 is 1.96 bits per heavy atom. The third-order valence-corrected chi connectivity index (χ3v) is 3.54. The Labute approximate surface area is 145 Å². The summed E-state index contributed by atoms with van der Waals surface area (Å²) in [5.41, 5.74) is -0.501. The van der Waals surface area contributed by atoms with E-state index >= 15 is 0 Å². The lowest BCUT2D eigenvalue weighted by Crippen LogP contribution is -2.27. The van der Waals surface area contributed by atoms with E-state index in [0.717, 1.165) is 16.7 Å². The maximum Gasteiger partial charge on any atom is 0.419 e. The van der Waals surface area contributed by atoms with E-state index in [1.807, 2.05) is 0 Å². The van der Waals surface area contributed by atoms with Crippen molar-refractivity contribution in [3.05, 3.63) is 48.2 Å². The Kier molecular flexibility index (Phi) is 4.26. The van der Waals surface area contributed by atoms with E-state index in [2.05, 4.69) is 15.3 Å². The number of hydrogen-bond acceptors (Lipinski definition) is 3. The highest BCUT2D eigenvalue weighted by atomic mass is 19.4. The summed E-state index contributed by atoms with van der Waals surface area (Å²) in [5.74, 6) is -0.637. The van der Waals surface area contributed by atoms with Gasteiger partial charge in [-0.2, -0.15) is 13.2 Å². The molecule has 136 valence electrons. The molecule has 0 aliphatic carbocycles. The molecule has 10 heteroatoms. The van der Waals surface area contributed by atoms with Crippen molar-refractivity contribution in [1.29, 1.82) is 0 Å². The summed E-state index contributed by atoms with van der Waals surface area (Å²) in [6.07, 6.45) is -1.81. The molecule has 0 atom stereocenters. The third-order valence-electron chi connectivity index (χ3n) is 3.54. The summed E-state index contributed by atoms with van der Waals surface area (Å²) in [7, 11) is 3.09. The maximum atomic E-state index is 14.2. The van der Waals surface area contributed by atoms with Gasteiger partial charge in [0.05, 0.1) is 11.3 Å². The van der Waals surface area contributed by atoms with Gasteiger partial charge in [0.2, 0.25) is 5.78 Å². The van der Waals surface area contributed by atoms with Gasteiger partial charge < -0.3 is 10.2 Å². The van der Waals surface area contributed by atoms with E-state index in [1.54, 1.807) is 14.1 Å². The first-order chi connectivity index (χ1) is 12.1. The van der Waals surface area contributed by atoms with Gasteiger partial charge in [-0.25, -0.2) is 19.2 Å². The van der Waals surface area contributed by atoms with Crippen molar-refractivity contribution in [3.8, 4) is 11.3 Å². The minimum Gasteiger partial charge on any atom is -0.331 e. The van der Waals surface area contributed by atoms with E-state index in [-0.39, 0.29) is 17.0 Å². The van der Waals surface area contributed by atoms with Gasteiger partial charge >= 0.3 is 12.2 Å². The Morgan fingerprint density at radius 3 is 2.62 bits per heavy atom. The quantitative estimate of drug-likeness (QED) is 0.704. The number of nitrogens with one attached hydrogen (secondary N) is 1. The molecule has 0 aliphatic rings. The number of carbonyl (C=O) groups excluding carboxylic acids is 1. The summed E-state index contributed by atoms with van der Waals surface area (Å²) in [4.78, 5) is 20.7. The summed E-state index contributed by atoms with van der Waals surface area (Å²) in [6, 6.07) is 3.45. The van der Waals surface area contributed by atoms with Gasteiger partial charge in [0.1, 0.15) is 5.82 Å². The number of halogens is 4. The molecule has 1 N–H and O–H groups in total. The second-order valence-corrected chi connectivity index (χ2v) is 5.69. The van der Waals surface area contributed by atoms with Crippen LogP contribution in [0.15, 0.2) is 36.8 Å². The van der Waals surface area contributed by atoms with Gasteiger partial charge in [-0.3, -0.25) is 4.40 Å². The summed E-state index contributed by atoms with van der Waals surface area (Å²) in [6.45, 7) is 0. The molecular formula is C16H13F4N5O. The Morgan fingerprint density at radius 1 is 1.23 bits per heavy atom. The van der Waals surface area contributed by atoms with E-state index in [9.17, 15) is 22.4 Å². The van der Waals surface area contributed by atoms with Crippen molar-refractivity contribution >= 4 is 17.5 Å². The lowest BCUT2D eigenvalue weighted by atomic mass is 10.1. The van der Waals surface area contributed by atoms with E-state index in [0.29, 0.717) is 11.9 Å². The standard InChI is InChI=1S/C16H13F4N5O/c1-24(2)15(26)22-10-3-4-12(17)11(5-10)13-8-25-7-9(16(18,19)20)6-21-14(25)23-13/h3-8H,1-2H3,(H,22,26). The number of carbonyl (C=O) groups is 1. The molecule has 2 amide bonds. The second kappa shape index (κ2) is 6.28. The van der Waals surface area contributed by atoms with Crippen LogP contribution >= 0.6 is 0 Å². The number of alkyl halides is 3. The molecule has 0 unspecified atom stereocenters. The van der Waals surface area contributed by atoms with Crippen LogP contribution < -0.4 is 5.32 Å². The molecule has 0 radical (unpaired) electrons. The molecule has 0 bridgehead atoms. The fourth-order valence-electron chi connectivity index (χ4n) is 2.20. The number of hydrogen-bond donors (Lipinski definition) is 1. The molecule has 3 aromatic rings. The highest BCUT2D eigenvalue weighted by molar-refractivity contribution is 5.89. The predicted molar refractivity (Wildman–Crippen MR) is 86.1 cm³/mol. The average molecular weight is 367 g/mol. The lowest BCUT2D eigenvalue weighted by molar-refractivity contribution is -0.138. The van der Waals surface area contributed by atoms with Gasteiger partial charge in [-0.05, 0) is 18.2 Å². The van der Waals surface area contributed by atoms with Crippen molar-refractivity contribution < 1.29 is 22.4 Å². The van der Waals surface area contributed by atoms with Crippen molar-refractivity contribution in [2.45, 2.75) is 6.18 Å². The van der Waals surface area contributed by atoms with Gasteiger partial charge in [-0.15, -0.1) is 0 Å². The number of aromatic nitrogens is 3. The van der Waals surface area contributed by atoms with Crippen molar-refractivity contribution in [2.75, 3.05) is 19.4 Å². The molecule has 0 aliphatic heterocycles. The zero-order valence-electron chi connectivity index (χ0n) is 13.7. The molecule has 0 saturated heterocycles. The number of nitrogens with zero attached hydrogens (tertiary/aromatic N) is 4. The van der Waals surface area contributed by atoms with Crippen molar-refractivity contribution in [2.24, 2.45) is 0 Å². The summed E-state index contributed by atoms with van der Waals surface area (Å²) < 4.78 is 53.6. The Balaban J connectivity index is 2.01. The van der Waals surface area contributed by atoms with Crippen LogP contribution in [0.1, 0.15) is 5.56 Å². The molecule has 26 heavy (non-hydrogen) atoms. The zero-order chi connectivity index (χ0) is 19.1. The first-order valence-corrected chi connectivity index (χ1v) is 7.35. The minimum atomic E-state index is -4.55. The lowest BCUT2D eigenvalue weighted by Gasteiger charge is -2.12. The van der Waals surface area contributed by atoms with Gasteiger partial charge in [0.15, 0.2) is 0 Å². The normalized spacial score (nSPS) is 11.6. The number of fused-ring (bicyclic) bond motifs is 1. The van der Waals surface area contributed by atoms with Crippen LogP contribution in [0.2, 0.25) is 0 Å². The zero-order valence-corrected chi connectivity index (χ0v) is 13.7. The Bertz CT molecular complexity index is 980. The molecule has 1 aromatic carbocycles. The van der Waals surface area contributed by atoms with Crippen molar-refractivity contribution in [1.82, 2.24) is 19.3 Å². The SMILES string of the molecule is CN(C)C(=O)Nc1ccc(F)c(-c2cn3cc(C(F)(F)F)cnc3n2)c1. The van der Waals surface area contributed by atoms with Crippen LogP contribution in [0, 0.1) is 5.82 Å². The first-order valence-electron chi connectivity index (χ1n) is 7.35. The predicted octanol–water partition coefficient (Wildman–Crippen LogP) is 3.65. The third kappa shape index (κ3) is 3.44. The number of amides is 2. The molecule has 0 fully saturated rings. The van der Waals surface area contributed by atoms with Gasteiger partial charge in [0, 0.05) is 43.9 Å². The average Bonchev–Trinajstić information content (AvgIpc) is 2.98. The molecule has 2 aromatic heterocycles. The molecule has 0 spiro atoms. The maximum absolute atomic E-state index is 14.2. The van der Waals surface area contributed by atoms with Crippen LogP contribution in [0.3, 0.4) is 0 Å². The van der Waals surface area contributed by atoms with Crippen LogP contribution in [-0.2, 0) is 6.18 Å². The van der Waals surface area contributed by atoms with Crippen LogP contribution in [0.5, 0.6) is 0 Å². The van der Waals surface area contributed by atoms with Gasteiger partial charge in [-0.1, -0.05) is 0 Å². The molecule has 2 heterocycles. The highest BCUT2D eigenvalue weighted by Crippen LogP contribution is 2.30. The fourth-order valence-corrected chi connectivity index (χ4v) is 2.20. The smallest absolute Gasteiger partial charge is 0.331 e. The number of imidazole rings is 1. The largest absolute Gasteiger partial charge is 0.419 e. The number of benzene rings is 1. The Hall–Kier alpha value is -3.17. The summed E-state index contributed by atoms with van der Waals surface area (Å²) >= 11 is 0. The number of anilines is 1. The van der Waals surface area contributed by atoms with Crippen molar-refractivity contribution in [3.63, 3.8) is 0 Å². The number of rotatable bonds is 2. The van der Waals surface area contributed by atoms with Crippen LogP contribution in [0.25, 0.3) is 17.0 Å². The highest BCUT2D eigenvalue weighted by Gasteiger charge is 2.31. The monoisotopic (exact) mass is 367 g/mol. The molecule has 6 nitrogen and oxygen atoms in total.